The molecule has 1 atom stereocenters. The number of hydrogen-bond donors (Lipinski definition) is 0. The summed E-state index contributed by atoms with van der Waals surface area (Å²) in [4.78, 5) is 4.41. The van der Waals surface area contributed by atoms with Gasteiger partial charge < -0.3 is 14.0 Å². The highest BCUT2D eigenvalue weighted by Gasteiger charge is 2.36. The molecule has 2 saturated heterocycles. The molecule has 2 fully saturated rings. The van der Waals surface area contributed by atoms with Crippen LogP contribution in [0.25, 0.3) is 11.5 Å². The molecule has 2 aromatic rings. The summed E-state index contributed by atoms with van der Waals surface area (Å²) in [5.41, 5.74) is 0.758. The summed E-state index contributed by atoms with van der Waals surface area (Å²) >= 11 is 0. The third-order valence-electron chi connectivity index (χ3n) is 5.06. The summed E-state index contributed by atoms with van der Waals surface area (Å²) in [6.07, 6.45) is 2.34. The number of nitrogens with zero attached hydrogens (tertiary/aromatic N) is 4. The molecule has 9 nitrogen and oxygen atoms in total. The summed E-state index contributed by atoms with van der Waals surface area (Å²) in [5, 5.41) is 4.01. The SMILES string of the molecule is COc1ccc(-c2nc(C3CN(S(=O)(=O)N4CCCCC4)CCO3)no2)cc1. The zero-order valence-electron chi connectivity index (χ0n) is 15.8. The number of hydrogen-bond acceptors (Lipinski definition) is 7. The molecule has 2 aliphatic heterocycles. The molecule has 0 bridgehead atoms. The van der Waals surface area contributed by atoms with Gasteiger partial charge in [-0.1, -0.05) is 11.6 Å². The predicted molar refractivity (Wildman–Crippen MR) is 101 cm³/mol. The maximum Gasteiger partial charge on any atom is 0.282 e. The highest BCUT2D eigenvalue weighted by Crippen LogP contribution is 2.27. The monoisotopic (exact) mass is 408 g/mol. The number of benzene rings is 1. The van der Waals surface area contributed by atoms with Crippen molar-refractivity contribution in [3.05, 3.63) is 30.1 Å². The minimum absolute atomic E-state index is 0.181. The van der Waals surface area contributed by atoms with Gasteiger partial charge in [0, 0.05) is 31.7 Å². The molecule has 2 aliphatic rings. The first kappa shape index (κ1) is 19.3. The molecule has 28 heavy (non-hydrogen) atoms. The van der Waals surface area contributed by atoms with E-state index in [1.54, 1.807) is 11.4 Å². The van der Waals surface area contributed by atoms with E-state index >= 15 is 0 Å². The number of piperidine rings is 1. The van der Waals surface area contributed by atoms with Gasteiger partial charge in [-0.3, -0.25) is 0 Å². The topological polar surface area (TPSA) is 98.0 Å². The number of aromatic nitrogens is 2. The lowest BCUT2D eigenvalue weighted by Gasteiger charge is -2.35. The van der Waals surface area contributed by atoms with Crippen LogP contribution in [0.2, 0.25) is 0 Å². The molecule has 1 aromatic heterocycles. The minimum Gasteiger partial charge on any atom is -0.497 e. The van der Waals surface area contributed by atoms with Crippen LogP contribution in [-0.2, 0) is 14.9 Å². The summed E-state index contributed by atoms with van der Waals surface area (Å²) in [7, 11) is -1.89. The van der Waals surface area contributed by atoms with Gasteiger partial charge >= 0.3 is 0 Å². The molecule has 10 heteroatoms. The van der Waals surface area contributed by atoms with Crippen LogP contribution in [0.5, 0.6) is 5.75 Å². The van der Waals surface area contributed by atoms with E-state index in [4.69, 9.17) is 14.0 Å². The van der Waals surface area contributed by atoms with Gasteiger partial charge in [-0.2, -0.15) is 22.0 Å². The van der Waals surface area contributed by atoms with Crippen LogP contribution in [-0.4, -0.2) is 67.1 Å². The van der Waals surface area contributed by atoms with Crippen molar-refractivity contribution < 1.29 is 22.4 Å². The number of morpholine rings is 1. The molecule has 1 unspecified atom stereocenters. The molecule has 0 radical (unpaired) electrons. The summed E-state index contributed by atoms with van der Waals surface area (Å²) in [6.45, 7) is 1.96. The Bertz CT molecular complexity index is 893. The van der Waals surface area contributed by atoms with E-state index in [1.165, 1.54) is 4.31 Å². The summed E-state index contributed by atoms with van der Waals surface area (Å²) in [5.74, 6) is 1.44. The second-order valence-electron chi connectivity index (χ2n) is 6.87. The minimum atomic E-state index is -3.49. The first-order chi connectivity index (χ1) is 13.6. The maximum absolute atomic E-state index is 12.9. The Morgan fingerprint density at radius 2 is 1.82 bits per heavy atom. The van der Waals surface area contributed by atoms with Gasteiger partial charge in [0.1, 0.15) is 11.9 Å². The third-order valence-corrected chi connectivity index (χ3v) is 7.07. The lowest BCUT2D eigenvalue weighted by atomic mass is 10.2. The van der Waals surface area contributed by atoms with E-state index in [2.05, 4.69) is 10.1 Å². The maximum atomic E-state index is 12.9. The fourth-order valence-electron chi connectivity index (χ4n) is 3.47. The Labute approximate surface area is 164 Å². The first-order valence-electron chi connectivity index (χ1n) is 9.43. The molecule has 3 heterocycles. The van der Waals surface area contributed by atoms with Gasteiger partial charge in [0.15, 0.2) is 0 Å². The zero-order valence-corrected chi connectivity index (χ0v) is 16.6. The predicted octanol–water partition coefficient (Wildman–Crippen LogP) is 1.85. The molecule has 0 amide bonds. The number of rotatable bonds is 5. The zero-order chi connectivity index (χ0) is 19.6. The van der Waals surface area contributed by atoms with Crippen molar-refractivity contribution in [2.75, 3.05) is 39.9 Å². The van der Waals surface area contributed by atoms with Crippen molar-refractivity contribution in [2.45, 2.75) is 25.4 Å². The Morgan fingerprint density at radius 3 is 2.54 bits per heavy atom. The number of methoxy groups -OCH3 is 1. The fraction of sp³-hybridized carbons (Fsp3) is 0.556. The number of ether oxygens (including phenoxy) is 2. The van der Waals surface area contributed by atoms with Crippen molar-refractivity contribution in [3.8, 4) is 17.2 Å². The fourth-order valence-corrected chi connectivity index (χ4v) is 5.14. The molecular formula is C18H24N4O5S. The molecule has 1 aromatic carbocycles. The van der Waals surface area contributed by atoms with Crippen LogP contribution in [0.3, 0.4) is 0 Å². The molecule has 152 valence electrons. The van der Waals surface area contributed by atoms with E-state index in [0.717, 1.165) is 30.6 Å². The van der Waals surface area contributed by atoms with Gasteiger partial charge in [-0.15, -0.1) is 0 Å². The Hall–Kier alpha value is -2.01. The van der Waals surface area contributed by atoms with Crippen LogP contribution in [0.4, 0.5) is 0 Å². The molecular weight excluding hydrogens is 384 g/mol. The Morgan fingerprint density at radius 1 is 1.07 bits per heavy atom. The normalized spacial score (nSPS) is 22.2. The standard InChI is InChI=1S/C18H24N4O5S/c1-25-15-7-5-14(6-8-15)18-19-17(20-27-18)16-13-22(11-12-26-16)28(23,24)21-9-3-2-4-10-21/h5-8,16H,2-4,9-13H2,1H3. The molecule has 0 N–H and O–H groups in total. The Kier molecular flexibility index (Phi) is 5.63. The average Bonchev–Trinajstić information content (AvgIpc) is 3.25. The molecule has 0 saturated carbocycles. The molecule has 4 rings (SSSR count). The van der Waals surface area contributed by atoms with Crippen LogP contribution in [0.1, 0.15) is 31.2 Å². The highest BCUT2D eigenvalue weighted by molar-refractivity contribution is 7.86. The van der Waals surface area contributed by atoms with E-state index in [1.807, 2.05) is 24.3 Å². The van der Waals surface area contributed by atoms with Crippen molar-refractivity contribution in [1.29, 1.82) is 0 Å². The van der Waals surface area contributed by atoms with Gasteiger partial charge in [0.25, 0.3) is 16.1 Å². The second-order valence-corrected chi connectivity index (χ2v) is 8.80. The molecule has 0 aliphatic carbocycles. The smallest absolute Gasteiger partial charge is 0.282 e. The van der Waals surface area contributed by atoms with E-state index < -0.39 is 16.3 Å². The van der Waals surface area contributed by atoms with E-state index in [0.29, 0.717) is 38.0 Å². The van der Waals surface area contributed by atoms with Crippen molar-refractivity contribution in [2.24, 2.45) is 0 Å². The van der Waals surface area contributed by atoms with Crippen molar-refractivity contribution in [1.82, 2.24) is 18.8 Å². The van der Waals surface area contributed by atoms with Crippen molar-refractivity contribution in [3.63, 3.8) is 0 Å². The van der Waals surface area contributed by atoms with E-state index in [9.17, 15) is 8.42 Å². The van der Waals surface area contributed by atoms with Gasteiger partial charge in [-0.25, -0.2) is 0 Å². The van der Waals surface area contributed by atoms with Crippen molar-refractivity contribution >= 4 is 10.2 Å². The summed E-state index contributed by atoms with van der Waals surface area (Å²) in [6, 6.07) is 7.27. The lowest BCUT2D eigenvalue weighted by Crippen LogP contribution is -2.50. The van der Waals surface area contributed by atoms with Crippen LogP contribution < -0.4 is 4.74 Å². The lowest BCUT2D eigenvalue weighted by molar-refractivity contribution is -0.0104. The second kappa shape index (κ2) is 8.16. The van der Waals surface area contributed by atoms with Gasteiger partial charge in [-0.05, 0) is 37.1 Å². The average molecular weight is 408 g/mol. The van der Waals surface area contributed by atoms with Crippen LogP contribution in [0, 0.1) is 0 Å². The van der Waals surface area contributed by atoms with E-state index in [-0.39, 0.29) is 6.54 Å². The quantitative estimate of drug-likeness (QED) is 0.745. The first-order valence-corrected chi connectivity index (χ1v) is 10.8. The Balaban J connectivity index is 1.48. The summed E-state index contributed by atoms with van der Waals surface area (Å²) < 4.78 is 45.1. The van der Waals surface area contributed by atoms with Crippen LogP contribution >= 0.6 is 0 Å². The van der Waals surface area contributed by atoms with Gasteiger partial charge in [0.05, 0.1) is 13.7 Å². The largest absolute Gasteiger partial charge is 0.497 e. The third kappa shape index (κ3) is 3.90. The highest BCUT2D eigenvalue weighted by atomic mass is 32.2. The molecule has 0 spiro atoms. The van der Waals surface area contributed by atoms with Gasteiger partial charge in [0.2, 0.25) is 5.82 Å². The van der Waals surface area contributed by atoms with Crippen LogP contribution in [0.15, 0.2) is 28.8 Å².